The molecule has 224 valence electrons. The molecule has 0 aliphatic carbocycles. The van der Waals surface area contributed by atoms with Crippen molar-refractivity contribution in [3.8, 4) is 0 Å². The topological polar surface area (TPSA) is 90.5 Å². The molecule has 0 spiro atoms. The Morgan fingerprint density at radius 1 is 0.878 bits per heavy atom. The van der Waals surface area contributed by atoms with Crippen LogP contribution in [0.1, 0.15) is 66.5 Å². The highest BCUT2D eigenvalue weighted by Gasteiger charge is 2.41. The summed E-state index contributed by atoms with van der Waals surface area (Å²) < 4.78 is 0. The monoisotopic (exact) mass is 562 g/mol. The summed E-state index contributed by atoms with van der Waals surface area (Å²) in [6, 6.07) is 17.9. The van der Waals surface area contributed by atoms with Crippen molar-refractivity contribution in [3.63, 3.8) is 0 Å². The fourth-order valence-corrected chi connectivity index (χ4v) is 5.08. The minimum Gasteiger partial charge on any atom is -0.348 e. The van der Waals surface area contributed by atoms with Gasteiger partial charge in [0, 0.05) is 24.6 Å². The predicted molar refractivity (Wildman–Crippen MR) is 167 cm³/mol. The van der Waals surface area contributed by atoms with E-state index in [1.54, 1.807) is 25.9 Å². The van der Waals surface area contributed by atoms with Gasteiger partial charge in [-0.3, -0.25) is 14.4 Å². The third-order valence-electron chi connectivity index (χ3n) is 7.74. The van der Waals surface area contributed by atoms with Crippen molar-refractivity contribution in [2.75, 3.05) is 14.1 Å². The molecule has 0 fully saturated rings. The van der Waals surface area contributed by atoms with Gasteiger partial charge in [-0.05, 0) is 36.4 Å². The quantitative estimate of drug-likeness (QED) is 0.323. The first-order valence-corrected chi connectivity index (χ1v) is 14.4. The molecule has 0 aromatic heterocycles. The van der Waals surface area contributed by atoms with Crippen molar-refractivity contribution in [2.45, 2.75) is 85.5 Å². The first-order chi connectivity index (χ1) is 19.1. The molecular weight excluding hydrogens is 512 g/mol. The number of carbonyl (C=O) groups excluding carboxylic acids is 3. The summed E-state index contributed by atoms with van der Waals surface area (Å²) in [6.45, 7) is 16.1. The predicted octanol–water partition coefficient (Wildman–Crippen LogP) is 4.83. The van der Waals surface area contributed by atoms with Gasteiger partial charge in [0.15, 0.2) is 0 Å². The van der Waals surface area contributed by atoms with Crippen LogP contribution in [0.25, 0.3) is 0 Å². The van der Waals surface area contributed by atoms with Crippen LogP contribution in [0.15, 0.2) is 72.3 Å². The molecule has 0 saturated carbocycles. The van der Waals surface area contributed by atoms with Crippen LogP contribution in [-0.2, 0) is 26.3 Å². The molecule has 7 heteroatoms. The number of carbonyl (C=O) groups is 3. The van der Waals surface area contributed by atoms with Crippen molar-refractivity contribution in [3.05, 3.63) is 83.4 Å². The molecule has 7 nitrogen and oxygen atoms in total. The third kappa shape index (κ3) is 9.02. The van der Waals surface area contributed by atoms with E-state index in [1.807, 2.05) is 115 Å². The van der Waals surface area contributed by atoms with Crippen LogP contribution in [0.5, 0.6) is 0 Å². The molecule has 3 N–H and O–H groups in total. The van der Waals surface area contributed by atoms with Gasteiger partial charge < -0.3 is 20.9 Å². The van der Waals surface area contributed by atoms with Crippen molar-refractivity contribution in [2.24, 2.45) is 11.3 Å². The Hall–Kier alpha value is -3.45. The second kappa shape index (κ2) is 14.4. The number of hydrogen-bond acceptors (Lipinski definition) is 4. The molecule has 2 aromatic carbocycles. The summed E-state index contributed by atoms with van der Waals surface area (Å²) >= 11 is 0. The van der Waals surface area contributed by atoms with E-state index >= 15 is 0 Å². The molecule has 3 amide bonds. The number of nitrogens with one attached hydrogen (secondary N) is 3. The Labute approximate surface area is 247 Å². The van der Waals surface area contributed by atoms with E-state index in [2.05, 4.69) is 16.0 Å². The number of nitrogens with zero attached hydrogens (tertiary/aromatic N) is 1. The van der Waals surface area contributed by atoms with Crippen LogP contribution < -0.4 is 16.0 Å². The Kier molecular flexibility index (Phi) is 11.9. The second-order valence-corrected chi connectivity index (χ2v) is 12.8. The zero-order valence-corrected chi connectivity index (χ0v) is 26.5. The molecule has 0 aliphatic heterocycles. The van der Waals surface area contributed by atoms with Crippen LogP contribution in [0.2, 0.25) is 0 Å². The van der Waals surface area contributed by atoms with Crippen LogP contribution in [0, 0.1) is 11.3 Å². The summed E-state index contributed by atoms with van der Waals surface area (Å²) in [5.41, 5.74) is 1.50. The molecular formula is C34H50N4O3. The second-order valence-electron chi connectivity index (χ2n) is 12.8. The number of benzene rings is 2. The summed E-state index contributed by atoms with van der Waals surface area (Å²) in [4.78, 5) is 42.3. The third-order valence-corrected chi connectivity index (χ3v) is 7.74. The van der Waals surface area contributed by atoms with E-state index in [1.165, 1.54) is 0 Å². The molecule has 3 atom stereocenters. The average molecular weight is 563 g/mol. The lowest BCUT2D eigenvalue weighted by atomic mass is 9.76. The molecule has 2 aromatic rings. The number of hydrogen-bond donors (Lipinski definition) is 3. The first kappa shape index (κ1) is 33.8. The maximum absolute atomic E-state index is 14.0. The lowest BCUT2D eigenvalue weighted by molar-refractivity contribution is -0.140. The lowest BCUT2D eigenvalue weighted by Gasteiger charge is -2.40. The highest BCUT2D eigenvalue weighted by Crippen LogP contribution is 2.29. The molecule has 0 heterocycles. The first-order valence-electron chi connectivity index (χ1n) is 14.4. The van der Waals surface area contributed by atoms with Gasteiger partial charge in [0.05, 0.1) is 12.1 Å². The number of rotatable bonds is 12. The van der Waals surface area contributed by atoms with E-state index < -0.39 is 22.9 Å². The number of amides is 3. The zero-order valence-electron chi connectivity index (χ0n) is 26.5. The van der Waals surface area contributed by atoms with Gasteiger partial charge in [-0.2, -0.15) is 0 Å². The maximum Gasteiger partial charge on any atom is 0.246 e. The van der Waals surface area contributed by atoms with E-state index in [0.29, 0.717) is 12.1 Å². The Morgan fingerprint density at radius 3 is 1.90 bits per heavy atom. The Balaban J connectivity index is 2.26. The van der Waals surface area contributed by atoms with Gasteiger partial charge in [-0.1, -0.05) is 115 Å². The van der Waals surface area contributed by atoms with Gasteiger partial charge in [-0.25, -0.2) is 0 Å². The molecule has 2 rings (SSSR count). The van der Waals surface area contributed by atoms with Gasteiger partial charge in [0.25, 0.3) is 0 Å². The van der Waals surface area contributed by atoms with Crippen molar-refractivity contribution in [1.82, 2.24) is 20.9 Å². The highest BCUT2D eigenvalue weighted by atomic mass is 16.2. The van der Waals surface area contributed by atoms with Crippen LogP contribution in [0.4, 0.5) is 0 Å². The summed E-state index contributed by atoms with van der Waals surface area (Å²) in [6.07, 6.45) is 1.85. The fraction of sp³-hybridized carbons (Fsp3) is 0.500. The normalized spacial score (nSPS) is 14.7. The van der Waals surface area contributed by atoms with E-state index in [4.69, 9.17) is 0 Å². The van der Waals surface area contributed by atoms with Crippen molar-refractivity contribution >= 4 is 17.7 Å². The standard InChI is InChI=1S/C34H50N4O3/c1-23(2)27(21-24(3)30(39)36-22-25-17-13-11-14-18-25)38(10)32(41)29(33(4,5)6)37-31(40)28(35-9)34(7,8)26-19-15-12-16-20-26/h11-21,23,27-29,35H,22H2,1-10H3,(H,36,39)(H,37,40)/b24-21+/t27-,28-,29-/m1/s1. The fourth-order valence-electron chi connectivity index (χ4n) is 5.08. The van der Waals surface area contributed by atoms with E-state index in [-0.39, 0.29) is 29.7 Å². The smallest absolute Gasteiger partial charge is 0.246 e. The molecule has 41 heavy (non-hydrogen) atoms. The largest absolute Gasteiger partial charge is 0.348 e. The van der Waals surface area contributed by atoms with Crippen LogP contribution >= 0.6 is 0 Å². The van der Waals surface area contributed by atoms with Crippen molar-refractivity contribution in [1.29, 1.82) is 0 Å². The van der Waals surface area contributed by atoms with Crippen LogP contribution in [0.3, 0.4) is 0 Å². The molecule has 0 aliphatic rings. The zero-order chi connectivity index (χ0) is 31.0. The molecule has 0 radical (unpaired) electrons. The van der Waals surface area contributed by atoms with Gasteiger partial charge in [0.2, 0.25) is 17.7 Å². The van der Waals surface area contributed by atoms with E-state index in [9.17, 15) is 14.4 Å². The minimum absolute atomic E-state index is 0.0409. The maximum atomic E-state index is 14.0. The summed E-state index contributed by atoms with van der Waals surface area (Å²) in [5.74, 6) is -0.581. The Morgan fingerprint density at radius 2 is 1.41 bits per heavy atom. The Bertz CT molecular complexity index is 1180. The number of likely N-dealkylation sites (N-methyl/N-ethyl adjacent to an activating group) is 2. The van der Waals surface area contributed by atoms with Crippen molar-refractivity contribution < 1.29 is 14.4 Å². The van der Waals surface area contributed by atoms with E-state index in [0.717, 1.165) is 11.1 Å². The average Bonchev–Trinajstić information content (AvgIpc) is 2.92. The lowest BCUT2D eigenvalue weighted by Crippen LogP contribution is -2.61. The van der Waals surface area contributed by atoms with Gasteiger partial charge in [-0.15, -0.1) is 0 Å². The van der Waals surface area contributed by atoms with Gasteiger partial charge >= 0.3 is 0 Å². The molecule has 0 bridgehead atoms. The summed E-state index contributed by atoms with van der Waals surface area (Å²) in [5, 5.41) is 9.21. The molecule has 0 unspecified atom stereocenters. The highest BCUT2D eigenvalue weighted by molar-refractivity contribution is 5.93. The SMILES string of the molecule is CN[C@H](C(=O)N[C@H](C(=O)N(C)[C@H](/C=C(\C)C(=O)NCc1ccccc1)C(C)C)C(C)(C)C)C(C)(C)c1ccccc1. The minimum atomic E-state index is -0.774. The van der Waals surface area contributed by atoms with Gasteiger partial charge in [0.1, 0.15) is 6.04 Å². The molecule has 0 saturated heterocycles. The van der Waals surface area contributed by atoms with Crippen LogP contribution in [-0.4, -0.2) is 54.8 Å². The summed E-state index contributed by atoms with van der Waals surface area (Å²) in [7, 11) is 3.51.